The maximum atomic E-state index is 11.9. The lowest BCUT2D eigenvalue weighted by Gasteiger charge is -2.26. The van der Waals surface area contributed by atoms with Gasteiger partial charge >= 0.3 is 5.97 Å². The molecule has 0 spiro atoms. The predicted molar refractivity (Wildman–Crippen MR) is 87.8 cm³/mol. The van der Waals surface area contributed by atoms with E-state index in [1.807, 2.05) is 36.4 Å². The van der Waals surface area contributed by atoms with Crippen molar-refractivity contribution in [2.75, 3.05) is 39.5 Å². The molecule has 6 nitrogen and oxygen atoms in total. The molecule has 2 aromatic carbocycles. The summed E-state index contributed by atoms with van der Waals surface area (Å²) < 4.78 is 15.6. The van der Waals surface area contributed by atoms with E-state index in [1.165, 1.54) is 0 Å². The van der Waals surface area contributed by atoms with E-state index in [0.29, 0.717) is 32.1 Å². The van der Waals surface area contributed by atoms with Gasteiger partial charge in [0.1, 0.15) is 5.75 Å². The number of carbonyl (C=O) groups is 2. The predicted octanol–water partition coefficient (Wildman–Crippen LogP) is 1.62. The Morgan fingerprint density at radius 1 is 1.00 bits per heavy atom. The quantitative estimate of drug-likeness (QED) is 0.780. The van der Waals surface area contributed by atoms with Crippen LogP contribution in [-0.4, -0.2) is 56.3 Å². The molecule has 24 heavy (non-hydrogen) atoms. The van der Waals surface area contributed by atoms with Crippen LogP contribution in [0.25, 0.3) is 10.8 Å². The number of hydrogen-bond donors (Lipinski definition) is 0. The minimum absolute atomic E-state index is 0.211. The molecule has 0 radical (unpaired) electrons. The molecule has 0 atom stereocenters. The van der Waals surface area contributed by atoms with Gasteiger partial charge in [0, 0.05) is 13.1 Å². The summed E-state index contributed by atoms with van der Waals surface area (Å²) in [5.41, 5.74) is 0. The molecule has 0 unspecified atom stereocenters. The summed E-state index contributed by atoms with van der Waals surface area (Å²) in [6, 6.07) is 13.5. The van der Waals surface area contributed by atoms with Crippen molar-refractivity contribution in [2.24, 2.45) is 0 Å². The van der Waals surface area contributed by atoms with Crippen molar-refractivity contribution in [1.82, 2.24) is 4.90 Å². The van der Waals surface area contributed by atoms with Crippen LogP contribution < -0.4 is 4.74 Å². The minimum atomic E-state index is -0.565. The van der Waals surface area contributed by atoms with E-state index < -0.39 is 5.97 Å². The van der Waals surface area contributed by atoms with E-state index in [4.69, 9.17) is 14.2 Å². The zero-order chi connectivity index (χ0) is 16.8. The Kier molecular flexibility index (Phi) is 5.28. The van der Waals surface area contributed by atoms with Gasteiger partial charge in [-0.15, -0.1) is 0 Å². The number of benzene rings is 2. The number of hydrogen-bond acceptors (Lipinski definition) is 5. The molecule has 0 N–H and O–H groups in total. The van der Waals surface area contributed by atoms with Crippen molar-refractivity contribution in [3.63, 3.8) is 0 Å². The highest BCUT2D eigenvalue weighted by atomic mass is 16.6. The van der Waals surface area contributed by atoms with Gasteiger partial charge < -0.3 is 19.1 Å². The van der Waals surface area contributed by atoms with Gasteiger partial charge in [0.05, 0.1) is 13.2 Å². The van der Waals surface area contributed by atoms with Crippen LogP contribution in [0.3, 0.4) is 0 Å². The average Bonchev–Trinajstić information content (AvgIpc) is 2.65. The fourth-order valence-electron chi connectivity index (χ4n) is 2.49. The van der Waals surface area contributed by atoms with Crippen LogP contribution >= 0.6 is 0 Å². The molecule has 2 aromatic rings. The summed E-state index contributed by atoms with van der Waals surface area (Å²) in [7, 11) is 0. The molecule has 1 aliphatic heterocycles. The molecule has 126 valence electrons. The third kappa shape index (κ3) is 4.23. The SMILES string of the molecule is O=C(COc1ccc2ccccc2c1)OCC(=O)N1CCOCC1. The van der Waals surface area contributed by atoms with Gasteiger partial charge in [0.15, 0.2) is 13.2 Å². The van der Waals surface area contributed by atoms with E-state index in [9.17, 15) is 9.59 Å². The third-order valence-electron chi connectivity index (χ3n) is 3.80. The van der Waals surface area contributed by atoms with E-state index >= 15 is 0 Å². The Morgan fingerprint density at radius 2 is 1.75 bits per heavy atom. The molecule has 0 aromatic heterocycles. The Hall–Kier alpha value is -2.60. The third-order valence-corrected chi connectivity index (χ3v) is 3.80. The van der Waals surface area contributed by atoms with E-state index in [-0.39, 0.29) is 19.1 Å². The van der Waals surface area contributed by atoms with Crippen LogP contribution in [0.1, 0.15) is 0 Å². The summed E-state index contributed by atoms with van der Waals surface area (Å²) in [6.45, 7) is 1.61. The molecule has 1 saturated heterocycles. The lowest BCUT2D eigenvalue weighted by atomic mass is 10.1. The van der Waals surface area contributed by atoms with Crippen LogP contribution in [0.5, 0.6) is 5.75 Å². The van der Waals surface area contributed by atoms with Gasteiger partial charge in [-0.3, -0.25) is 4.79 Å². The number of fused-ring (bicyclic) bond motifs is 1. The normalized spacial score (nSPS) is 14.4. The van der Waals surface area contributed by atoms with Crippen molar-refractivity contribution in [3.8, 4) is 5.75 Å². The average molecular weight is 329 g/mol. The second kappa shape index (κ2) is 7.79. The first-order chi connectivity index (χ1) is 11.7. The highest BCUT2D eigenvalue weighted by Gasteiger charge is 2.18. The molecule has 3 rings (SSSR count). The molecular formula is C18H19NO5. The highest BCUT2D eigenvalue weighted by molar-refractivity contribution is 5.84. The van der Waals surface area contributed by atoms with E-state index in [0.717, 1.165) is 10.8 Å². The first kappa shape index (κ1) is 16.3. The lowest BCUT2D eigenvalue weighted by molar-refractivity contribution is -0.155. The highest BCUT2D eigenvalue weighted by Crippen LogP contribution is 2.20. The van der Waals surface area contributed by atoms with Crippen LogP contribution in [0.15, 0.2) is 42.5 Å². The molecular weight excluding hydrogens is 310 g/mol. The molecule has 0 bridgehead atoms. The largest absolute Gasteiger partial charge is 0.482 e. The number of amides is 1. The zero-order valence-electron chi connectivity index (χ0n) is 13.3. The minimum Gasteiger partial charge on any atom is -0.482 e. The number of rotatable bonds is 5. The molecule has 1 amide bonds. The maximum absolute atomic E-state index is 11.9. The fraction of sp³-hybridized carbons (Fsp3) is 0.333. The molecule has 0 saturated carbocycles. The molecule has 1 fully saturated rings. The van der Waals surface area contributed by atoms with Crippen molar-refractivity contribution in [2.45, 2.75) is 0 Å². The van der Waals surface area contributed by atoms with Gasteiger partial charge in [0.25, 0.3) is 5.91 Å². The van der Waals surface area contributed by atoms with E-state index in [2.05, 4.69) is 0 Å². The van der Waals surface area contributed by atoms with Crippen LogP contribution in [0, 0.1) is 0 Å². The summed E-state index contributed by atoms with van der Waals surface area (Å²) in [5, 5.41) is 2.13. The summed E-state index contributed by atoms with van der Waals surface area (Å²) in [5.74, 6) is -0.188. The number of ether oxygens (including phenoxy) is 3. The summed E-state index contributed by atoms with van der Waals surface area (Å²) in [4.78, 5) is 25.2. The van der Waals surface area contributed by atoms with Crippen LogP contribution in [0.4, 0.5) is 0 Å². The number of nitrogens with zero attached hydrogens (tertiary/aromatic N) is 1. The molecule has 0 aliphatic carbocycles. The Bertz CT molecular complexity index is 724. The van der Waals surface area contributed by atoms with Gasteiger partial charge in [-0.2, -0.15) is 0 Å². The van der Waals surface area contributed by atoms with Crippen LogP contribution in [0.2, 0.25) is 0 Å². The smallest absolute Gasteiger partial charge is 0.344 e. The maximum Gasteiger partial charge on any atom is 0.344 e. The monoisotopic (exact) mass is 329 g/mol. The first-order valence-corrected chi connectivity index (χ1v) is 7.85. The van der Waals surface area contributed by atoms with Crippen molar-refractivity contribution in [1.29, 1.82) is 0 Å². The molecule has 1 heterocycles. The lowest BCUT2D eigenvalue weighted by Crippen LogP contribution is -2.42. The second-order valence-corrected chi connectivity index (χ2v) is 5.45. The topological polar surface area (TPSA) is 65.1 Å². The Morgan fingerprint density at radius 3 is 2.54 bits per heavy atom. The van der Waals surface area contributed by atoms with Gasteiger partial charge in [-0.05, 0) is 22.9 Å². The van der Waals surface area contributed by atoms with Gasteiger partial charge in [-0.25, -0.2) is 4.79 Å². The standard InChI is InChI=1S/C18H19NO5/c20-17(19-7-9-22-10-8-19)12-24-18(21)13-23-16-6-5-14-3-1-2-4-15(14)11-16/h1-6,11H,7-10,12-13H2. The first-order valence-electron chi connectivity index (χ1n) is 7.85. The fourth-order valence-corrected chi connectivity index (χ4v) is 2.49. The summed E-state index contributed by atoms with van der Waals surface area (Å²) in [6.07, 6.45) is 0. The second-order valence-electron chi connectivity index (χ2n) is 5.45. The zero-order valence-corrected chi connectivity index (χ0v) is 13.3. The van der Waals surface area contributed by atoms with Crippen molar-refractivity contribution in [3.05, 3.63) is 42.5 Å². The van der Waals surface area contributed by atoms with E-state index in [1.54, 1.807) is 11.0 Å². The van der Waals surface area contributed by atoms with Crippen molar-refractivity contribution < 1.29 is 23.8 Å². The number of carbonyl (C=O) groups excluding carboxylic acids is 2. The number of morpholine rings is 1. The van der Waals surface area contributed by atoms with Crippen molar-refractivity contribution >= 4 is 22.6 Å². The van der Waals surface area contributed by atoms with Crippen LogP contribution in [-0.2, 0) is 19.1 Å². The Balaban J connectivity index is 1.45. The molecule has 6 heteroatoms. The molecule has 1 aliphatic rings. The summed E-state index contributed by atoms with van der Waals surface area (Å²) >= 11 is 0. The number of esters is 1. The van der Waals surface area contributed by atoms with Gasteiger partial charge in [0.2, 0.25) is 0 Å². The Labute approximate surface area is 139 Å². The van der Waals surface area contributed by atoms with Gasteiger partial charge in [-0.1, -0.05) is 30.3 Å².